The number of amides is 1. The number of carbonyl (C=O) groups excluding carboxylic acids is 1. The summed E-state index contributed by atoms with van der Waals surface area (Å²) in [7, 11) is 0. The number of anilines is 1. The lowest BCUT2D eigenvalue weighted by Crippen LogP contribution is -2.32. The van der Waals surface area contributed by atoms with Gasteiger partial charge in [0, 0.05) is 10.2 Å². The highest BCUT2D eigenvalue weighted by Gasteiger charge is 2.17. The molecule has 8 heteroatoms. The lowest BCUT2D eigenvalue weighted by molar-refractivity contribution is -0.111. The Bertz CT molecular complexity index is 1550. The first kappa shape index (κ1) is 22.4. The molecule has 0 unspecified atom stereocenters. The van der Waals surface area contributed by atoms with Gasteiger partial charge in [-0.25, -0.2) is 4.39 Å². The predicted octanol–water partition coefficient (Wildman–Crippen LogP) is 3.94. The van der Waals surface area contributed by atoms with Gasteiger partial charge in [0.05, 0.1) is 10.2 Å². The Hall–Kier alpha value is -3.80. The number of benzene rings is 3. The van der Waals surface area contributed by atoms with Gasteiger partial charge >= 0.3 is 0 Å². The molecule has 5 nitrogen and oxygen atoms in total. The highest BCUT2D eigenvalue weighted by Crippen LogP contribution is 2.13. The molecule has 4 aromatic rings. The first-order valence-corrected chi connectivity index (χ1v) is 11.3. The van der Waals surface area contributed by atoms with Gasteiger partial charge in [-0.05, 0) is 60.2 Å². The minimum absolute atomic E-state index is 0.203. The molecule has 0 atom stereocenters. The maximum Gasteiger partial charge on any atom is 0.273 e. The Kier molecular flexibility index (Phi) is 6.63. The lowest BCUT2D eigenvalue weighted by atomic mass is 10.2. The van der Waals surface area contributed by atoms with Crippen LogP contribution in [0.4, 0.5) is 10.1 Å². The molecule has 1 amide bonds. The van der Waals surface area contributed by atoms with Crippen LogP contribution in [0.5, 0.6) is 0 Å². The van der Waals surface area contributed by atoms with E-state index in [2.05, 4.69) is 21.2 Å². The lowest BCUT2D eigenvalue weighted by Gasteiger charge is -2.05. The van der Waals surface area contributed by atoms with Crippen LogP contribution in [0.3, 0.4) is 0 Å². The summed E-state index contributed by atoms with van der Waals surface area (Å²) in [6.45, 7) is 0. The van der Waals surface area contributed by atoms with Crippen molar-refractivity contribution < 1.29 is 9.18 Å². The highest BCUT2D eigenvalue weighted by molar-refractivity contribution is 9.10. The molecule has 0 radical (unpaired) electrons. The van der Waals surface area contributed by atoms with Gasteiger partial charge in [-0.3, -0.25) is 14.2 Å². The van der Waals surface area contributed by atoms with Gasteiger partial charge in [0.15, 0.2) is 5.57 Å². The van der Waals surface area contributed by atoms with Crippen LogP contribution in [-0.4, -0.2) is 10.5 Å². The van der Waals surface area contributed by atoms with Crippen LogP contribution in [0.2, 0.25) is 0 Å². The topological polar surface area (TPSA) is 74.9 Å². The molecule has 3 aromatic carbocycles. The third-order valence-corrected chi connectivity index (χ3v) is 6.22. The van der Waals surface area contributed by atoms with Crippen molar-refractivity contribution in [2.24, 2.45) is 0 Å². The largest absolute Gasteiger partial charge is 0.321 e. The second-order valence-corrected chi connectivity index (χ2v) is 8.84. The van der Waals surface area contributed by atoms with E-state index in [0.717, 1.165) is 21.4 Å². The van der Waals surface area contributed by atoms with Gasteiger partial charge in [0.2, 0.25) is 0 Å². The normalized spacial score (nSPS) is 12.2. The molecule has 0 aliphatic heterocycles. The van der Waals surface area contributed by atoms with Gasteiger partial charge < -0.3 is 5.32 Å². The molecule has 162 valence electrons. The number of aromatic nitrogens is 1. The third kappa shape index (κ3) is 5.00. The fraction of sp³-hybridized carbons (Fsp3) is 0. The molecule has 0 spiro atoms. The van der Waals surface area contributed by atoms with Crippen molar-refractivity contribution in [1.82, 2.24) is 4.57 Å². The minimum atomic E-state index is -0.691. The Labute approximate surface area is 200 Å². The van der Waals surface area contributed by atoms with Crippen LogP contribution in [-0.2, 0) is 4.79 Å². The maximum absolute atomic E-state index is 13.4. The Morgan fingerprint density at radius 3 is 2.45 bits per heavy atom. The van der Waals surface area contributed by atoms with Crippen LogP contribution >= 0.6 is 27.3 Å². The van der Waals surface area contributed by atoms with Crippen LogP contribution < -0.4 is 20.1 Å². The number of nitrogens with zero attached hydrogens (tertiary/aromatic N) is 2. The van der Waals surface area contributed by atoms with Crippen LogP contribution in [0.15, 0.2) is 88.1 Å². The van der Waals surface area contributed by atoms with Crippen LogP contribution in [0, 0.1) is 17.1 Å². The van der Waals surface area contributed by atoms with Gasteiger partial charge in [-0.1, -0.05) is 46.3 Å². The average molecular weight is 520 g/mol. The summed E-state index contributed by atoms with van der Waals surface area (Å²) in [5.74, 6) is -1.13. The summed E-state index contributed by atoms with van der Waals surface area (Å²) in [6, 6.07) is 23.4. The monoisotopic (exact) mass is 519 g/mol. The summed E-state index contributed by atoms with van der Waals surface area (Å²) in [5, 5.41) is 12.4. The number of carbonyl (C=O) groups is 1. The van der Waals surface area contributed by atoms with E-state index in [9.17, 15) is 19.2 Å². The fourth-order valence-corrected chi connectivity index (χ4v) is 4.65. The van der Waals surface area contributed by atoms with Crippen molar-refractivity contribution in [1.29, 1.82) is 5.26 Å². The number of rotatable bonds is 4. The summed E-state index contributed by atoms with van der Waals surface area (Å²) in [4.78, 5) is 26.3. The first-order valence-electron chi connectivity index (χ1n) is 9.72. The van der Waals surface area contributed by atoms with Crippen molar-refractivity contribution in [2.45, 2.75) is 0 Å². The smallest absolute Gasteiger partial charge is 0.273 e. The molecule has 0 aliphatic carbocycles. The zero-order valence-electron chi connectivity index (χ0n) is 17.0. The number of hydrogen-bond donors (Lipinski definition) is 1. The van der Waals surface area contributed by atoms with E-state index in [1.165, 1.54) is 28.8 Å². The molecule has 33 heavy (non-hydrogen) atoms. The number of halogens is 2. The first-order chi connectivity index (χ1) is 16.0. The summed E-state index contributed by atoms with van der Waals surface area (Å²) in [5.41, 5.74) is 1.09. The molecule has 0 bridgehead atoms. The third-order valence-electron chi connectivity index (χ3n) is 4.64. The fourth-order valence-electron chi connectivity index (χ4n) is 3.13. The summed E-state index contributed by atoms with van der Waals surface area (Å²) in [6.07, 6.45) is 1.72. The van der Waals surface area contributed by atoms with Gasteiger partial charge in [-0.2, -0.15) is 5.26 Å². The number of hydrogen-bond acceptors (Lipinski definition) is 4. The molecule has 4 rings (SSSR count). The Morgan fingerprint density at radius 1 is 1.06 bits per heavy atom. The second-order valence-electron chi connectivity index (χ2n) is 6.89. The van der Waals surface area contributed by atoms with Crippen LogP contribution in [0.1, 0.15) is 5.56 Å². The quantitative estimate of drug-likeness (QED) is 0.443. The van der Waals surface area contributed by atoms with E-state index in [4.69, 9.17) is 0 Å². The maximum atomic E-state index is 13.4. The molecular formula is C25H15BrFN3O2S. The van der Waals surface area contributed by atoms with Gasteiger partial charge in [0.25, 0.3) is 11.5 Å². The number of thiazole rings is 1. The number of nitriles is 1. The molecule has 0 saturated heterocycles. The van der Waals surface area contributed by atoms with Crippen molar-refractivity contribution >= 4 is 50.5 Å². The minimum Gasteiger partial charge on any atom is -0.321 e. The molecule has 0 fully saturated rings. The zero-order valence-corrected chi connectivity index (χ0v) is 19.4. The molecule has 1 heterocycles. The summed E-state index contributed by atoms with van der Waals surface area (Å²) >= 11 is 4.47. The molecular weight excluding hydrogens is 505 g/mol. The standard InChI is InChI=1S/C25H15BrFN3O2S/c26-17-6-4-5-16(13-17)14-22-24(32)30(20-7-2-1-3-8-20)25(33-22)21(15-28)23(31)29-19-11-9-18(27)10-12-19/h1-14H,(H,29,31). The Morgan fingerprint density at radius 2 is 1.79 bits per heavy atom. The average Bonchev–Trinajstić information content (AvgIpc) is 3.12. The van der Waals surface area contributed by atoms with E-state index in [-0.39, 0.29) is 15.8 Å². The number of para-hydroxylation sites is 1. The summed E-state index contributed by atoms with van der Waals surface area (Å²) < 4.78 is 16.0. The van der Waals surface area contributed by atoms with Crippen molar-refractivity contribution in [3.05, 3.63) is 114 Å². The number of nitrogens with one attached hydrogen (secondary N) is 1. The predicted molar refractivity (Wildman–Crippen MR) is 131 cm³/mol. The zero-order chi connectivity index (χ0) is 23.4. The Balaban J connectivity index is 1.94. The second kappa shape index (κ2) is 9.77. The van der Waals surface area contributed by atoms with Gasteiger partial charge in [-0.15, -0.1) is 11.3 Å². The molecule has 1 N–H and O–H groups in total. The van der Waals surface area contributed by atoms with E-state index in [0.29, 0.717) is 15.9 Å². The van der Waals surface area contributed by atoms with Crippen LogP contribution in [0.25, 0.3) is 17.3 Å². The van der Waals surface area contributed by atoms with E-state index in [1.54, 1.807) is 30.3 Å². The van der Waals surface area contributed by atoms with E-state index in [1.807, 2.05) is 36.4 Å². The van der Waals surface area contributed by atoms with Crippen molar-refractivity contribution in [2.75, 3.05) is 5.32 Å². The van der Waals surface area contributed by atoms with Gasteiger partial charge in [0.1, 0.15) is 16.5 Å². The van der Waals surface area contributed by atoms with Crippen molar-refractivity contribution in [3.8, 4) is 11.8 Å². The SMILES string of the molecule is N#CC(C(=O)Nc1ccc(F)cc1)=c1sc(=Cc2cccc(Br)c2)c(=O)n1-c1ccccc1. The van der Waals surface area contributed by atoms with Crippen molar-refractivity contribution in [3.63, 3.8) is 0 Å². The van der Waals surface area contributed by atoms with E-state index >= 15 is 0 Å². The molecule has 0 aliphatic rings. The molecule has 1 aromatic heterocycles. The highest BCUT2D eigenvalue weighted by atomic mass is 79.9. The van der Waals surface area contributed by atoms with E-state index < -0.39 is 11.7 Å². The molecule has 0 saturated carbocycles.